The zero-order valence-corrected chi connectivity index (χ0v) is 16.0. The van der Waals surface area contributed by atoms with Gasteiger partial charge in [0.2, 0.25) is 5.91 Å². The number of aromatic hydroxyl groups is 1. The van der Waals surface area contributed by atoms with E-state index >= 15 is 0 Å². The molecule has 0 unspecified atom stereocenters. The van der Waals surface area contributed by atoms with Crippen molar-refractivity contribution in [2.24, 2.45) is 10.9 Å². The number of anilines is 1. The van der Waals surface area contributed by atoms with Gasteiger partial charge in [-0.25, -0.2) is 9.98 Å². The van der Waals surface area contributed by atoms with Gasteiger partial charge in [-0.3, -0.25) is 9.59 Å². The monoisotopic (exact) mass is 400 g/mol. The Labute approximate surface area is 163 Å². The minimum Gasteiger partial charge on any atom is -0.508 e. The number of aryl methyl sites for hydroxylation is 1. The third kappa shape index (κ3) is 4.20. The van der Waals surface area contributed by atoms with E-state index in [0.29, 0.717) is 20.9 Å². The molecular formula is C18H16N4O3S2. The molecule has 1 aliphatic heterocycles. The molecule has 1 aromatic carbocycles. The first-order valence-electron chi connectivity index (χ1n) is 8.34. The molecule has 2 aromatic rings. The number of thioether (sulfide) groups is 1. The van der Waals surface area contributed by atoms with E-state index in [0.717, 1.165) is 23.3 Å². The van der Waals surface area contributed by atoms with Gasteiger partial charge < -0.3 is 15.7 Å². The third-order valence-electron chi connectivity index (χ3n) is 4.03. The van der Waals surface area contributed by atoms with E-state index in [1.165, 1.54) is 23.1 Å². The number of aromatic nitrogens is 1. The highest BCUT2D eigenvalue weighted by Crippen LogP contribution is 2.33. The van der Waals surface area contributed by atoms with Gasteiger partial charge in [0.15, 0.2) is 10.3 Å². The molecule has 7 nitrogen and oxygen atoms in total. The summed E-state index contributed by atoms with van der Waals surface area (Å²) in [5.41, 5.74) is 1.49. The number of nitrogens with zero attached hydrogens (tertiary/aromatic N) is 2. The Morgan fingerprint density at radius 2 is 2.26 bits per heavy atom. The number of benzene rings is 1. The quantitative estimate of drug-likeness (QED) is 0.683. The van der Waals surface area contributed by atoms with Crippen LogP contribution in [0.25, 0.3) is 6.08 Å². The van der Waals surface area contributed by atoms with Crippen molar-refractivity contribution in [2.75, 3.05) is 5.32 Å². The van der Waals surface area contributed by atoms with E-state index in [2.05, 4.69) is 20.6 Å². The molecular weight excluding hydrogens is 384 g/mol. The van der Waals surface area contributed by atoms with Crippen LogP contribution in [0.1, 0.15) is 23.3 Å². The standard InChI is InChI=1S/C18H16N4O3S2/c1-9-6-11(23)4-5-13(9)20-18-22-16(25)14(27-18)7-12-8-19-17(26-12)21-15(24)10-2-3-10/h4-8,10,23H,2-3H2,1H3,(H,19,21,24)(H,20,22,25)/b14-7-. The highest BCUT2D eigenvalue weighted by Gasteiger charge is 2.30. The van der Waals surface area contributed by atoms with Crippen molar-refractivity contribution in [2.45, 2.75) is 19.8 Å². The number of aliphatic imine (C=N–C) groups is 1. The van der Waals surface area contributed by atoms with Gasteiger partial charge in [-0.2, -0.15) is 0 Å². The molecule has 3 N–H and O–H groups in total. The summed E-state index contributed by atoms with van der Waals surface area (Å²) in [7, 11) is 0. The molecule has 2 heterocycles. The number of amides is 2. The minimum absolute atomic E-state index is 0.00947. The Hall–Kier alpha value is -2.65. The summed E-state index contributed by atoms with van der Waals surface area (Å²) in [5.74, 6) is 0.0753. The van der Waals surface area contributed by atoms with Crippen molar-refractivity contribution in [1.29, 1.82) is 0 Å². The number of hydrogen-bond acceptors (Lipinski definition) is 7. The maximum atomic E-state index is 12.2. The molecule has 138 valence electrons. The lowest BCUT2D eigenvalue weighted by Gasteiger charge is -2.01. The van der Waals surface area contributed by atoms with E-state index < -0.39 is 0 Å². The molecule has 0 atom stereocenters. The Morgan fingerprint density at radius 3 is 3.00 bits per heavy atom. The summed E-state index contributed by atoms with van der Waals surface area (Å²) >= 11 is 2.56. The first-order valence-corrected chi connectivity index (χ1v) is 9.97. The molecule has 0 bridgehead atoms. The zero-order chi connectivity index (χ0) is 19.0. The molecule has 2 aliphatic rings. The van der Waals surface area contributed by atoms with Crippen LogP contribution in [0.4, 0.5) is 10.8 Å². The number of phenolic OH excluding ortho intramolecular Hbond substituents is 1. The van der Waals surface area contributed by atoms with Crippen LogP contribution in [0.15, 0.2) is 34.3 Å². The zero-order valence-electron chi connectivity index (χ0n) is 14.4. The molecule has 1 saturated heterocycles. The van der Waals surface area contributed by atoms with Gasteiger partial charge in [0, 0.05) is 12.1 Å². The largest absolute Gasteiger partial charge is 0.508 e. The Balaban J connectivity index is 1.48. The lowest BCUT2D eigenvalue weighted by atomic mass is 10.2. The van der Waals surface area contributed by atoms with Gasteiger partial charge in [-0.15, -0.1) is 0 Å². The van der Waals surface area contributed by atoms with E-state index in [1.807, 2.05) is 6.92 Å². The van der Waals surface area contributed by atoms with Crippen LogP contribution in [0.3, 0.4) is 0 Å². The van der Waals surface area contributed by atoms with Crippen LogP contribution < -0.4 is 10.6 Å². The normalized spacial score (nSPS) is 19.5. The highest BCUT2D eigenvalue weighted by molar-refractivity contribution is 8.18. The molecule has 1 aromatic heterocycles. The van der Waals surface area contributed by atoms with E-state index in [9.17, 15) is 14.7 Å². The van der Waals surface area contributed by atoms with Crippen molar-refractivity contribution in [3.05, 3.63) is 39.7 Å². The van der Waals surface area contributed by atoms with E-state index in [4.69, 9.17) is 0 Å². The van der Waals surface area contributed by atoms with Crippen molar-refractivity contribution < 1.29 is 14.7 Å². The maximum Gasteiger partial charge on any atom is 0.264 e. The highest BCUT2D eigenvalue weighted by atomic mass is 32.2. The van der Waals surface area contributed by atoms with Crippen LogP contribution in [-0.4, -0.2) is 27.1 Å². The molecule has 2 amide bonds. The Morgan fingerprint density at radius 1 is 1.44 bits per heavy atom. The summed E-state index contributed by atoms with van der Waals surface area (Å²) in [6.45, 7) is 1.84. The third-order valence-corrected chi connectivity index (χ3v) is 5.80. The van der Waals surface area contributed by atoms with Crippen LogP contribution in [0.5, 0.6) is 5.75 Å². The summed E-state index contributed by atoms with van der Waals surface area (Å²) in [5, 5.41) is 16.0. The van der Waals surface area contributed by atoms with E-state index in [1.54, 1.807) is 30.5 Å². The van der Waals surface area contributed by atoms with Crippen LogP contribution in [0, 0.1) is 12.8 Å². The van der Waals surface area contributed by atoms with Crippen LogP contribution >= 0.6 is 23.1 Å². The number of thiazole rings is 1. The molecule has 9 heteroatoms. The van der Waals surface area contributed by atoms with Crippen molar-refractivity contribution in [1.82, 2.24) is 10.3 Å². The molecule has 2 fully saturated rings. The van der Waals surface area contributed by atoms with Crippen LogP contribution in [-0.2, 0) is 9.59 Å². The molecule has 0 radical (unpaired) electrons. The van der Waals surface area contributed by atoms with Gasteiger partial charge in [0.25, 0.3) is 5.91 Å². The SMILES string of the molecule is Cc1cc(O)ccc1/N=C1/NC(=O)/C(=C/c2cnc(NC(=O)C3CC3)s2)S1. The minimum atomic E-state index is -0.229. The fourth-order valence-electron chi connectivity index (χ4n) is 2.45. The Bertz CT molecular complexity index is 992. The van der Waals surface area contributed by atoms with Gasteiger partial charge in [-0.05, 0) is 61.4 Å². The topological polar surface area (TPSA) is 104 Å². The van der Waals surface area contributed by atoms with Gasteiger partial charge in [0.05, 0.1) is 15.5 Å². The van der Waals surface area contributed by atoms with Crippen molar-refractivity contribution in [3.8, 4) is 5.75 Å². The smallest absolute Gasteiger partial charge is 0.264 e. The average molecular weight is 400 g/mol. The molecule has 0 spiro atoms. The number of carbonyl (C=O) groups is 2. The fraction of sp³-hybridized carbons (Fsp3) is 0.222. The van der Waals surface area contributed by atoms with Crippen LogP contribution in [0.2, 0.25) is 0 Å². The summed E-state index contributed by atoms with van der Waals surface area (Å²) in [6, 6.07) is 4.87. The summed E-state index contributed by atoms with van der Waals surface area (Å²) in [6.07, 6.45) is 5.24. The fourth-order valence-corrected chi connectivity index (χ4v) is 4.11. The first-order chi connectivity index (χ1) is 13.0. The first kappa shape index (κ1) is 17.7. The number of carbonyl (C=O) groups excluding carboxylic acids is 2. The molecule has 27 heavy (non-hydrogen) atoms. The maximum absolute atomic E-state index is 12.2. The van der Waals surface area contributed by atoms with E-state index in [-0.39, 0.29) is 23.5 Å². The molecule has 4 rings (SSSR count). The number of hydrogen-bond donors (Lipinski definition) is 3. The van der Waals surface area contributed by atoms with Gasteiger partial charge in [-0.1, -0.05) is 11.3 Å². The lowest BCUT2D eigenvalue weighted by molar-refractivity contribution is -0.117. The second-order valence-electron chi connectivity index (χ2n) is 6.28. The second-order valence-corrected chi connectivity index (χ2v) is 8.38. The van der Waals surface area contributed by atoms with Gasteiger partial charge in [0.1, 0.15) is 5.75 Å². The predicted octanol–water partition coefficient (Wildman–Crippen LogP) is 3.40. The Kier molecular flexibility index (Phi) is 4.71. The lowest BCUT2D eigenvalue weighted by Crippen LogP contribution is -2.19. The molecule has 1 aliphatic carbocycles. The number of amidine groups is 1. The summed E-state index contributed by atoms with van der Waals surface area (Å²) in [4.78, 5) is 33.9. The predicted molar refractivity (Wildman–Crippen MR) is 107 cm³/mol. The van der Waals surface area contributed by atoms with Crippen molar-refractivity contribution >= 4 is 57.0 Å². The summed E-state index contributed by atoms with van der Waals surface area (Å²) < 4.78 is 0. The second kappa shape index (κ2) is 7.16. The molecule has 1 saturated carbocycles. The number of rotatable bonds is 4. The van der Waals surface area contributed by atoms with Gasteiger partial charge >= 0.3 is 0 Å². The number of nitrogens with one attached hydrogen (secondary N) is 2. The average Bonchev–Trinajstić information content (AvgIpc) is 3.30. The number of phenols is 1. The van der Waals surface area contributed by atoms with Crippen molar-refractivity contribution in [3.63, 3.8) is 0 Å².